The zero-order chi connectivity index (χ0) is 18.7. The number of piperidine rings is 1. The normalized spacial score (nSPS) is 16.9. The molecule has 1 aliphatic heterocycles. The van der Waals surface area contributed by atoms with E-state index in [1.54, 1.807) is 24.7 Å². The molecule has 0 amide bonds. The van der Waals surface area contributed by atoms with Gasteiger partial charge >= 0.3 is 0 Å². The fraction of sp³-hybridized carbons (Fsp3) is 0.500. The largest absolute Gasteiger partial charge is 0.496 e. The predicted molar refractivity (Wildman–Crippen MR) is 99.4 cm³/mol. The number of nitrogens with zero attached hydrogens (tertiary/aromatic N) is 4. The van der Waals surface area contributed by atoms with Crippen LogP contribution in [0, 0.1) is 0 Å². The molecule has 0 radical (unpaired) electrons. The molecule has 2 aromatic rings. The van der Waals surface area contributed by atoms with Crippen LogP contribution in [0.25, 0.3) is 0 Å². The minimum Gasteiger partial charge on any atom is -0.496 e. The molecule has 8 heteroatoms. The molecule has 2 heterocycles. The molecule has 1 fully saturated rings. The van der Waals surface area contributed by atoms with Crippen molar-refractivity contribution in [2.45, 2.75) is 30.3 Å². The summed E-state index contributed by atoms with van der Waals surface area (Å²) in [4.78, 5) is 2.46. The Hall–Kier alpha value is -1.90. The van der Waals surface area contributed by atoms with Crippen LogP contribution >= 0.6 is 0 Å². The van der Waals surface area contributed by atoms with Crippen molar-refractivity contribution in [3.05, 3.63) is 42.2 Å². The number of methoxy groups -OCH3 is 1. The number of aryl methyl sites for hydroxylation is 1. The summed E-state index contributed by atoms with van der Waals surface area (Å²) in [6, 6.07) is 7.53. The van der Waals surface area contributed by atoms with Crippen LogP contribution in [0.1, 0.15) is 18.4 Å². The third-order valence-corrected chi connectivity index (χ3v) is 6.75. The summed E-state index contributed by atoms with van der Waals surface area (Å²) in [7, 11) is 1.75. The lowest BCUT2D eigenvalue weighted by Crippen LogP contribution is -2.46. The van der Waals surface area contributed by atoms with Crippen molar-refractivity contribution in [1.29, 1.82) is 0 Å². The summed E-state index contributed by atoms with van der Waals surface area (Å²) in [5.74, 6) is 0.701. The highest BCUT2D eigenvalue weighted by atomic mass is 32.2. The Balaban J connectivity index is 1.96. The van der Waals surface area contributed by atoms with E-state index in [4.69, 9.17) is 4.74 Å². The van der Waals surface area contributed by atoms with E-state index in [1.807, 2.05) is 24.3 Å². The van der Waals surface area contributed by atoms with Crippen LogP contribution in [0.2, 0.25) is 0 Å². The van der Waals surface area contributed by atoms with Crippen LogP contribution in [0.5, 0.6) is 5.75 Å². The van der Waals surface area contributed by atoms with Gasteiger partial charge in [-0.1, -0.05) is 18.2 Å². The first kappa shape index (κ1) is 18.9. The van der Waals surface area contributed by atoms with Crippen molar-refractivity contribution in [2.24, 2.45) is 7.05 Å². The fourth-order valence-corrected chi connectivity index (χ4v) is 5.01. The van der Waals surface area contributed by atoms with Gasteiger partial charge in [-0.3, -0.25) is 4.68 Å². The minimum atomic E-state index is -3.64. The Morgan fingerprint density at radius 2 is 1.92 bits per heavy atom. The molecular weight excluding hydrogens is 352 g/mol. The highest BCUT2D eigenvalue weighted by molar-refractivity contribution is 7.89. The molecule has 7 nitrogen and oxygen atoms in total. The quantitative estimate of drug-likeness (QED) is 0.766. The minimum absolute atomic E-state index is 0.0404. The molecule has 3 rings (SSSR count). The van der Waals surface area contributed by atoms with Crippen LogP contribution < -0.4 is 4.74 Å². The van der Waals surface area contributed by atoms with Gasteiger partial charge in [-0.15, -0.1) is 0 Å². The van der Waals surface area contributed by atoms with Gasteiger partial charge < -0.3 is 9.64 Å². The van der Waals surface area contributed by atoms with E-state index in [1.165, 1.54) is 10.9 Å². The average molecular weight is 378 g/mol. The number of likely N-dealkylation sites (tertiary alicyclic amines) is 1. The summed E-state index contributed by atoms with van der Waals surface area (Å²) >= 11 is 0. The fourth-order valence-electron chi connectivity index (χ4n) is 3.36. The van der Waals surface area contributed by atoms with E-state index in [0.717, 1.165) is 31.5 Å². The summed E-state index contributed by atoms with van der Waals surface area (Å²) in [6.07, 6.45) is 4.59. The zero-order valence-electron chi connectivity index (χ0n) is 15.5. The van der Waals surface area contributed by atoms with E-state index < -0.39 is 10.0 Å². The number of hydrogen-bond donors (Lipinski definition) is 0. The van der Waals surface area contributed by atoms with Gasteiger partial charge in [0.05, 0.1) is 13.3 Å². The van der Waals surface area contributed by atoms with Crippen LogP contribution in [0.15, 0.2) is 41.6 Å². The second kappa shape index (κ2) is 7.77. The van der Waals surface area contributed by atoms with Gasteiger partial charge in [-0.2, -0.15) is 9.40 Å². The second-order valence-corrected chi connectivity index (χ2v) is 8.64. The first-order chi connectivity index (χ1) is 12.4. The molecular formula is C18H26N4O3S. The monoisotopic (exact) mass is 378 g/mol. The number of benzene rings is 1. The lowest BCUT2D eigenvalue weighted by Gasteiger charge is -2.36. The molecule has 0 N–H and O–H groups in total. The Morgan fingerprint density at radius 3 is 2.54 bits per heavy atom. The van der Waals surface area contributed by atoms with E-state index in [0.29, 0.717) is 5.75 Å². The van der Waals surface area contributed by atoms with Crippen molar-refractivity contribution in [2.75, 3.05) is 27.2 Å². The molecule has 0 unspecified atom stereocenters. The number of ether oxygens (including phenoxy) is 1. The van der Waals surface area contributed by atoms with Gasteiger partial charge in [0.25, 0.3) is 0 Å². The molecule has 0 saturated carbocycles. The maximum Gasteiger partial charge on any atom is 0.246 e. The summed E-state index contributed by atoms with van der Waals surface area (Å²) in [6.45, 7) is 2.06. The molecule has 1 aromatic carbocycles. The SMILES string of the molecule is COc1ccccc1CN(C1CCN(C)CC1)S(=O)(=O)c1cnn(C)c1. The highest BCUT2D eigenvalue weighted by Crippen LogP contribution is 2.28. The van der Waals surface area contributed by atoms with E-state index >= 15 is 0 Å². The van der Waals surface area contributed by atoms with Gasteiger partial charge in [0, 0.05) is 31.4 Å². The van der Waals surface area contributed by atoms with Crippen LogP contribution in [-0.4, -0.2) is 60.7 Å². The van der Waals surface area contributed by atoms with Gasteiger partial charge in [-0.05, 0) is 39.0 Å². The maximum absolute atomic E-state index is 13.3. The Bertz CT molecular complexity index is 842. The average Bonchev–Trinajstić information content (AvgIpc) is 3.08. The molecule has 1 aromatic heterocycles. The van der Waals surface area contributed by atoms with Crippen molar-refractivity contribution >= 4 is 10.0 Å². The molecule has 0 aliphatic carbocycles. The van der Waals surface area contributed by atoms with Crippen molar-refractivity contribution in [3.8, 4) is 5.75 Å². The number of para-hydroxylation sites is 1. The highest BCUT2D eigenvalue weighted by Gasteiger charge is 2.34. The smallest absolute Gasteiger partial charge is 0.246 e. The van der Waals surface area contributed by atoms with Gasteiger partial charge in [0.2, 0.25) is 10.0 Å². The van der Waals surface area contributed by atoms with Crippen LogP contribution in [0.3, 0.4) is 0 Å². The van der Waals surface area contributed by atoms with Crippen LogP contribution in [0.4, 0.5) is 0 Å². The maximum atomic E-state index is 13.3. The number of sulfonamides is 1. The number of aromatic nitrogens is 2. The summed E-state index contributed by atoms with van der Waals surface area (Å²) in [5, 5.41) is 4.04. The Labute approximate surface area is 155 Å². The van der Waals surface area contributed by atoms with Crippen molar-refractivity contribution in [3.63, 3.8) is 0 Å². The Morgan fingerprint density at radius 1 is 1.23 bits per heavy atom. The molecule has 0 bridgehead atoms. The summed E-state index contributed by atoms with van der Waals surface area (Å²) in [5.41, 5.74) is 0.862. The molecule has 0 atom stereocenters. The van der Waals surface area contributed by atoms with Gasteiger partial charge in [-0.25, -0.2) is 8.42 Å². The number of hydrogen-bond acceptors (Lipinski definition) is 5. The van der Waals surface area contributed by atoms with Crippen molar-refractivity contribution in [1.82, 2.24) is 19.0 Å². The molecule has 0 spiro atoms. The molecule has 1 aliphatic rings. The molecule has 26 heavy (non-hydrogen) atoms. The summed E-state index contributed by atoms with van der Waals surface area (Å²) < 4.78 is 35.3. The van der Waals surface area contributed by atoms with Gasteiger partial charge in [0.15, 0.2) is 0 Å². The lowest BCUT2D eigenvalue weighted by atomic mass is 10.0. The topological polar surface area (TPSA) is 67.7 Å². The van der Waals surface area contributed by atoms with Crippen molar-refractivity contribution < 1.29 is 13.2 Å². The molecule has 1 saturated heterocycles. The van der Waals surface area contributed by atoms with E-state index in [9.17, 15) is 8.42 Å². The first-order valence-electron chi connectivity index (χ1n) is 8.72. The lowest BCUT2D eigenvalue weighted by molar-refractivity contribution is 0.178. The zero-order valence-corrected chi connectivity index (χ0v) is 16.3. The second-order valence-electron chi connectivity index (χ2n) is 6.75. The third kappa shape index (κ3) is 3.92. The van der Waals surface area contributed by atoms with Gasteiger partial charge in [0.1, 0.15) is 10.6 Å². The predicted octanol–water partition coefficient (Wildman–Crippen LogP) is 1.71. The van der Waals surface area contributed by atoms with Crippen LogP contribution in [-0.2, 0) is 23.6 Å². The van der Waals surface area contributed by atoms with E-state index in [2.05, 4.69) is 17.0 Å². The van der Waals surface area contributed by atoms with E-state index in [-0.39, 0.29) is 17.5 Å². The first-order valence-corrected chi connectivity index (χ1v) is 10.2. The molecule has 142 valence electrons. The standard InChI is InChI=1S/C18H26N4O3S/c1-20-10-8-16(9-11-20)22(13-15-6-4-5-7-18(15)25-3)26(23,24)17-12-19-21(2)14-17/h4-7,12,14,16H,8-11,13H2,1-3H3. The Kier molecular flexibility index (Phi) is 5.64. The third-order valence-electron chi connectivity index (χ3n) is 4.90. The number of rotatable bonds is 6.